The highest BCUT2D eigenvalue weighted by Gasteiger charge is 2.41. The second-order valence-electron chi connectivity index (χ2n) is 4.95. The van der Waals surface area contributed by atoms with E-state index >= 15 is 0 Å². The van der Waals surface area contributed by atoms with E-state index in [9.17, 15) is 13.2 Å². The van der Waals surface area contributed by atoms with Gasteiger partial charge >= 0.3 is 5.97 Å². The molecular formula is C13H18N2O4S. The van der Waals surface area contributed by atoms with Gasteiger partial charge in [0, 0.05) is 11.7 Å². The number of sulfonamides is 1. The van der Waals surface area contributed by atoms with Crippen molar-refractivity contribution in [3.8, 4) is 0 Å². The molecule has 0 radical (unpaired) electrons. The van der Waals surface area contributed by atoms with Gasteiger partial charge in [-0.2, -0.15) is 0 Å². The van der Waals surface area contributed by atoms with E-state index in [1.807, 2.05) is 0 Å². The Balaban J connectivity index is 2.46. The van der Waals surface area contributed by atoms with Gasteiger partial charge in [0.25, 0.3) is 0 Å². The molecule has 0 fully saturated rings. The van der Waals surface area contributed by atoms with Gasteiger partial charge in [0.2, 0.25) is 10.0 Å². The van der Waals surface area contributed by atoms with Gasteiger partial charge in [0.15, 0.2) is 5.25 Å². The van der Waals surface area contributed by atoms with E-state index in [-0.39, 0.29) is 6.04 Å². The van der Waals surface area contributed by atoms with Crippen LogP contribution in [0.1, 0.15) is 19.4 Å². The zero-order chi connectivity index (χ0) is 15.1. The number of methoxy groups -OCH3 is 1. The molecule has 1 aromatic rings. The summed E-state index contributed by atoms with van der Waals surface area (Å²) in [7, 11) is -2.63. The van der Waals surface area contributed by atoms with Crippen molar-refractivity contribution in [2.45, 2.75) is 31.6 Å². The molecule has 110 valence electrons. The van der Waals surface area contributed by atoms with Crippen LogP contribution < -0.4 is 10.0 Å². The number of ether oxygens (including phenoxy) is 1. The van der Waals surface area contributed by atoms with Crippen molar-refractivity contribution in [2.75, 3.05) is 17.1 Å². The Labute approximate surface area is 118 Å². The molecule has 2 N–H and O–H groups in total. The van der Waals surface area contributed by atoms with Crippen LogP contribution in [0.5, 0.6) is 0 Å². The van der Waals surface area contributed by atoms with Crippen molar-refractivity contribution in [3.05, 3.63) is 23.8 Å². The highest BCUT2D eigenvalue weighted by atomic mass is 32.2. The molecule has 2 unspecified atom stereocenters. The highest BCUT2D eigenvalue weighted by molar-refractivity contribution is 7.94. The van der Waals surface area contributed by atoms with E-state index in [1.54, 1.807) is 25.1 Å². The highest BCUT2D eigenvalue weighted by Crippen LogP contribution is 2.36. The number of anilines is 2. The van der Waals surface area contributed by atoms with Crippen molar-refractivity contribution in [2.24, 2.45) is 0 Å². The van der Waals surface area contributed by atoms with Crippen LogP contribution in [0.15, 0.2) is 18.2 Å². The SMILES string of the molecule is COC(=O)C(C)S(=O)(=O)N1c2ccc(N)cc2CC1C. The smallest absolute Gasteiger partial charge is 0.325 e. The standard InChI is InChI=1S/C13H18N2O4S/c1-8-6-10-7-11(14)4-5-12(10)15(8)20(17,18)9(2)13(16)19-3/h4-5,7-9H,6,14H2,1-3H3. The number of hydrogen-bond acceptors (Lipinski definition) is 5. The quantitative estimate of drug-likeness (QED) is 0.662. The van der Waals surface area contributed by atoms with E-state index in [1.165, 1.54) is 18.3 Å². The molecule has 2 atom stereocenters. The number of nitrogens with two attached hydrogens (primary N) is 1. The number of nitrogens with zero attached hydrogens (tertiary/aromatic N) is 1. The van der Waals surface area contributed by atoms with Gasteiger partial charge in [0.1, 0.15) is 0 Å². The summed E-state index contributed by atoms with van der Waals surface area (Å²) in [6.07, 6.45) is 0.577. The minimum atomic E-state index is -3.81. The van der Waals surface area contributed by atoms with Crippen molar-refractivity contribution in [3.63, 3.8) is 0 Å². The van der Waals surface area contributed by atoms with E-state index in [2.05, 4.69) is 4.74 Å². The van der Waals surface area contributed by atoms with Crippen LogP contribution in [0, 0.1) is 0 Å². The number of esters is 1. The van der Waals surface area contributed by atoms with E-state index in [4.69, 9.17) is 5.73 Å². The summed E-state index contributed by atoms with van der Waals surface area (Å²) in [4.78, 5) is 11.5. The van der Waals surface area contributed by atoms with Crippen LogP contribution in [0.3, 0.4) is 0 Å². The number of carbonyl (C=O) groups excluding carboxylic acids is 1. The van der Waals surface area contributed by atoms with Gasteiger partial charge in [0.05, 0.1) is 12.8 Å². The number of hydrogen-bond donors (Lipinski definition) is 1. The molecule has 1 heterocycles. The zero-order valence-corrected chi connectivity index (χ0v) is 12.5. The molecule has 0 saturated heterocycles. The Morgan fingerprint density at radius 3 is 2.75 bits per heavy atom. The molecule has 0 aromatic heterocycles. The number of nitrogen functional groups attached to an aromatic ring is 1. The molecule has 0 amide bonds. The molecule has 6 nitrogen and oxygen atoms in total. The predicted molar refractivity (Wildman–Crippen MR) is 76.9 cm³/mol. The summed E-state index contributed by atoms with van der Waals surface area (Å²) >= 11 is 0. The lowest BCUT2D eigenvalue weighted by Gasteiger charge is -2.26. The lowest BCUT2D eigenvalue weighted by atomic mass is 10.1. The topological polar surface area (TPSA) is 89.7 Å². The number of benzene rings is 1. The molecule has 7 heteroatoms. The molecule has 0 aliphatic carbocycles. The van der Waals surface area contributed by atoms with Crippen LogP contribution in [-0.4, -0.2) is 32.8 Å². The first kappa shape index (κ1) is 14.6. The van der Waals surface area contributed by atoms with Gasteiger partial charge in [-0.3, -0.25) is 9.10 Å². The first-order valence-corrected chi connectivity index (χ1v) is 7.79. The maximum atomic E-state index is 12.6. The Morgan fingerprint density at radius 2 is 2.15 bits per heavy atom. The average molecular weight is 298 g/mol. The fraction of sp³-hybridized carbons (Fsp3) is 0.462. The summed E-state index contributed by atoms with van der Waals surface area (Å²) in [6.45, 7) is 3.14. The van der Waals surface area contributed by atoms with Crippen molar-refractivity contribution in [1.82, 2.24) is 0 Å². The number of carbonyl (C=O) groups is 1. The summed E-state index contributed by atoms with van der Waals surface area (Å²) in [6, 6.07) is 4.85. The van der Waals surface area contributed by atoms with Crippen molar-refractivity contribution < 1.29 is 17.9 Å². The van der Waals surface area contributed by atoms with E-state index < -0.39 is 21.2 Å². The molecule has 1 aliphatic heterocycles. The molecule has 1 aliphatic rings. The second-order valence-corrected chi connectivity index (χ2v) is 7.08. The van der Waals surface area contributed by atoms with Gasteiger partial charge < -0.3 is 10.5 Å². The minimum absolute atomic E-state index is 0.246. The fourth-order valence-corrected chi connectivity index (χ4v) is 4.18. The lowest BCUT2D eigenvalue weighted by molar-refractivity contribution is -0.139. The largest absolute Gasteiger partial charge is 0.468 e. The minimum Gasteiger partial charge on any atom is -0.468 e. The Hall–Kier alpha value is -1.76. The summed E-state index contributed by atoms with van der Waals surface area (Å²) in [5, 5.41) is -1.24. The van der Waals surface area contributed by atoms with Gasteiger partial charge in [-0.25, -0.2) is 8.42 Å². The molecule has 2 rings (SSSR count). The molecule has 0 spiro atoms. The maximum absolute atomic E-state index is 12.6. The monoisotopic (exact) mass is 298 g/mol. The fourth-order valence-electron chi connectivity index (χ4n) is 2.47. The average Bonchev–Trinajstić information content (AvgIpc) is 2.72. The van der Waals surface area contributed by atoms with Crippen LogP contribution in [0.4, 0.5) is 11.4 Å². The second kappa shape index (κ2) is 4.97. The van der Waals surface area contributed by atoms with Gasteiger partial charge in [-0.15, -0.1) is 0 Å². The molecule has 0 saturated carbocycles. The van der Waals surface area contributed by atoms with Crippen LogP contribution in [-0.2, 0) is 26.0 Å². The van der Waals surface area contributed by atoms with Gasteiger partial charge in [-0.1, -0.05) is 0 Å². The molecule has 1 aromatic carbocycles. The third-order valence-corrected chi connectivity index (χ3v) is 5.70. The molecule has 0 bridgehead atoms. The third-order valence-electron chi connectivity index (χ3n) is 3.51. The Bertz CT molecular complexity index is 642. The summed E-state index contributed by atoms with van der Waals surface area (Å²) < 4.78 is 31.0. The van der Waals surface area contributed by atoms with Crippen LogP contribution >= 0.6 is 0 Å². The maximum Gasteiger partial charge on any atom is 0.325 e. The number of fused-ring (bicyclic) bond motifs is 1. The van der Waals surface area contributed by atoms with Gasteiger partial charge in [-0.05, 0) is 44.0 Å². The van der Waals surface area contributed by atoms with Crippen LogP contribution in [0.25, 0.3) is 0 Å². The lowest BCUT2D eigenvalue weighted by Crippen LogP contribution is -2.44. The summed E-state index contributed by atoms with van der Waals surface area (Å²) in [5.74, 6) is -0.763. The van der Waals surface area contributed by atoms with Crippen molar-refractivity contribution >= 4 is 27.4 Å². The first-order chi connectivity index (χ1) is 9.28. The Morgan fingerprint density at radius 1 is 1.50 bits per heavy atom. The van der Waals surface area contributed by atoms with E-state index in [0.29, 0.717) is 17.8 Å². The van der Waals surface area contributed by atoms with E-state index in [0.717, 1.165) is 5.56 Å². The van der Waals surface area contributed by atoms with Crippen molar-refractivity contribution in [1.29, 1.82) is 0 Å². The van der Waals surface area contributed by atoms with Crippen LogP contribution in [0.2, 0.25) is 0 Å². The predicted octanol–water partition coefficient (Wildman–Crippen LogP) is 0.911. The molecular weight excluding hydrogens is 280 g/mol. The summed E-state index contributed by atoms with van der Waals surface area (Å²) in [5.41, 5.74) is 7.77. The normalized spacial score (nSPS) is 19.6. The third kappa shape index (κ3) is 2.22. The Kier molecular flexibility index (Phi) is 3.64. The molecule has 20 heavy (non-hydrogen) atoms. The number of rotatable bonds is 3. The zero-order valence-electron chi connectivity index (χ0n) is 11.7. The first-order valence-electron chi connectivity index (χ1n) is 6.28.